The molecule has 3 unspecified atom stereocenters. The van der Waals surface area contributed by atoms with Crippen molar-refractivity contribution in [3.05, 3.63) is 35.6 Å². The van der Waals surface area contributed by atoms with E-state index in [1.165, 1.54) is 17.4 Å². The maximum Gasteiger partial charge on any atom is 0.192 e. The van der Waals surface area contributed by atoms with Crippen molar-refractivity contribution in [2.24, 2.45) is 4.99 Å². The molecule has 0 spiro atoms. The number of benzene rings is 1. The van der Waals surface area contributed by atoms with E-state index in [1.54, 1.807) is 0 Å². The van der Waals surface area contributed by atoms with Gasteiger partial charge in [0, 0.05) is 17.5 Å². The van der Waals surface area contributed by atoms with Gasteiger partial charge in [0.15, 0.2) is 5.96 Å². The molecule has 0 saturated carbocycles. The zero-order chi connectivity index (χ0) is 16.5. The van der Waals surface area contributed by atoms with Crippen molar-refractivity contribution in [2.75, 3.05) is 6.54 Å². The van der Waals surface area contributed by atoms with E-state index in [0.717, 1.165) is 36.7 Å². The lowest BCUT2D eigenvalue weighted by Gasteiger charge is -2.22. The van der Waals surface area contributed by atoms with Gasteiger partial charge in [-0.3, -0.25) is 0 Å². The number of hydrogen-bond acceptors (Lipinski definition) is 3. The molecule has 2 bridgehead atoms. The second kappa shape index (κ2) is 7.95. The summed E-state index contributed by atoms with van der Waals surface area (Å²) in [6.45, 7) is 5.56. The van der Waals surface area contributed by atoms with Gasteiger partial charge in [0.2, 0.25) is 0 Å². The van der Waals surface area contributed by atoms with Crippen LogP contribution in [0.3, 0.4) is 0 Å². The summed E-state index contributed by atoms with van der Waals surface area (Å²) in [5.41, 5.74) is 2.10. The molecule has 2 fully saturated rings. The lowest BCUT2D eigenvalue weighted by molar-refractivity contribution is 0.0992. The highest BCUT2D eigenvalue weighted by molar-refractivity contribution is 14.0. The first kappa shape index (κ1) is 18.5. The summed E-state index contributed by atoms with van der Waals surface area (Å²) in [5, 5.41) is 8.05. The first-order valence-corrected chi connectivity index (χ1v) is 8.92. The Hall–Kier alpha value is -1.28. The Morgan fingerprint density at radius 2 is 2.12 bits per heavy atom. The van der Waals surface area contributed by atoms with Gasteiger partial charge in [-0.2, -0.15) is 0 Å². The number of guanidine groups is 1. The van der Waals surface area contributed by atoms with E-state index in [0.29, 0.717) is 24.8 Å². The average Bonchev–Trinajstić information content (AvgIpc) is 3.28. The summed E-state index contributed by atoms with van der Waals surface area (Å²) in [4.78, 5) is 4.73. The van der Waals surface area contributed by atoms with Crippen molar-refractivity contribution in [3.63, 3.8) is 0 Å². The number of aliphatic imine (C=N–C) groups is 1. The summed E-state index contributed by atoms with van der Waals surface area (Å²) in [5.74, 6) is 1.77. The molecule has 5 nitrogen and oxygen atoms in total. The zero-order valence-corrected chi connectivity index (χ0v) is 17.1. The standard InChI is InChI=1S/C19H25N3O2.HI/c1-3-20-19(22-15-10-13-8-9-17(15)23-13)21-11-18-12(2)14-6-4-5-7-16(14)24-18;/h4-7,13,15,17H,3,8-11H2,1-2H3,(H2,20,21,22);1H. The van der Waals surface area contributed by atoms with Crippen LogP contribution < -0.4 is 10.6 Å². The van der Waals surface area contributed by atoms with Crippen LogP contribution in [-0.4, -0.2) is 30.8 Å². The molecular weight excluding hydrogens is 429 g/mol. The number of aryl methyl sites for hydroxylation is 1. The minimum absolute atomic E-state index is 0. The molecule has 2 aliphatic heterocycles. The molecule has 1 aromatic carbocycles. The fraction of sp³-hybridized carbons (Fsp3) is 0.526. The fourth-order valence-corrected chi connectivity index (χ4v) is 3.81. The minimum atomic E-state index is 0. The van der Waals surface area contributed by atoms with Crippen LogP contribution in [0.2, 0.25) is 0 Å². The fourth-order valence-electron chi connectivity index (χ4n) is 3.81. The van der Waals surface area contributed by atoms with Gasteiger partial charge < -0.3 is 19.8 Å². The second-order valence-corrected chi connectivity index (χ2v) is 6.70. The predicted octanol–water partition coefficient (Wildman–Crippen LogP) is 3.73. The molecule has 0 aliphatic carbocycles. The number of nitrogens with one attached hydrogen (secondary N) is 2. The number of hydrogen-bond donors (Lipinski definition) is 2. The minimum Gasteiger partial charge on any atom is -0.459 e. The SMILES string of the molecule is CCNC(=NCc1oc2ccccc2c1C)NC1CC2CCC1O2.I. The van der Waals surface area contributed by atoms with Crippen LogP contribution in [0.1, 0.15) is 37.5 Å². The Bertz CT molecular complexity index is 758. The number of fused-ring (bicyclic) bond motifs is 3. The molecule has 1 aromatic heterocycles. The molecule has 136 valence electrons. The molecular formula is C19H26IN3O2. The quantitative estimate of drug-likeness (QED) is 0.419. The zero-order valence-electron chi connectivity index (χ0n) is 14.7. The molecule has 3 heterocycles. The molecule has 2 aliphatic rings. The van der Waals surface area contributed by atoms with Crippen LogP contribution in [0, 0.1) is 6.92 Å². The number of furan rings is 1. The topological polar surface area (TPSA) is 58.8 Å². The van der Waals surface area contributed by atoms with Crippen molar-refractivity contribution < 1.29 is 9.15 Å². The Kier molecular flexibility index (Phi) is 5.89. The molecule has 2 saturated heterocycles. The third-order valence-electron chi connectivity index (χ3n) is 5.10. The Morgan fingerprint density at radius 1 is 1.28 bits per heavy atom. The molecule has 25 heavy (non-hydrogen) atoms. The van der Waals surface area contributed by atoms with E-state index in [9.17, 15) is 0 Å². The summed E-state index contributed by atoms with van der Waals surface area (Å²) in [7, 11) is 0. The van der Waals surface area contributed by atoms with Gasteiger partial charge in [0.1, 0.15) is 17.9 Å². The summed E-state index contributed by atoms with van der Waals surface area (Å²) in [6.07, 6.45) is 4.22. The molecule has 3 atom stereocenters. The largest absolute Gasteiger partial charge is 0.459 e. The summed E-state index contributed by atoms with van der Waals surface area (Å²) < 4.78 is 11.9. The molecule has 0 radical (unpaired) electrons. The van der Waals surface area contributed by atoms with Crippen LogP contribution in [0.25, 0.3) is 11.0 Å². The van der Waals surface area contributed by atoms with Gasteiger partial charge >= 0.3 is 0 Å². The Morgan fingerprint density at radius 3 is 2.80 bits per heavy atom. The number of rotatable bonds is 4. The highest BCUT2D eigenvalue weighted by Crippen LogP contribution is 2.34. The lowest BCUT2D eigenvalue weighted by Crippen LogP contribution is -2.47. The van der Waals surface area contributed by atoms with Crippen LogP contribution >= 0.6 is 24.0 Å². The van der Waals surface area contributed by atoms with E-state index in [2.05, 4.69) is 30.5 Å². The van der Waals surface area contributed by atoms with Gasteiger partial charge in [-0.05, 0) is 39.2 Å². The van der Waals surface area contributed by atoms with Crippen molar-refractivity contribution >= 4 is 40.9 Å². The van der Waals surface area contributed by atoms with Gasteiger partial charge in [0.25, 0.3) is 0 Å². The van der Waals surface area contributed by atoms with Gasteiger partial charge in [-0.25, -0.2) is 4.99 Å². The van der Waals surface area contributed by atoms with Crippen molar-refractivity contribution in [3.8, 4) is 0 Å². The van der Waals surface area contributed by atoms with Gasteiger partial charge in [-0.15, -0.1) is 24.0 Å². The van der Waals surface area contributed by atoms with Crippen LogP contribution in [0.4, 0.5) is 0 Å². The monoisotopic (exact) mass is 455 g/mol. The van der Waals surface area contributed by atoms with E-state index >= 15 is 0 Å². The Balaban J connectivity index is 0.00000182. The molecule has 4 rings (SSSR count). The van der Waals surface area contributed by atoms with Crippen LogP contribution in [0.5, 0.6) is 0 Å². The number of halogens is 1. The molecule has 6 heteroatoms. The first-order valence-electron chi connectivity index (χ1n) is 8.92. The Labute approximate surface area is 165 Å². The molecule has 2 aromatic rings. The number of ether oxygens (including phenoxy) is 1. The van der Waals surface area contributed by atoms with Crippen LogP contribution in [0.15, 0.2) is 33.7 Å². The summed E-state index contributed by atoms with van der Waals surface area (Å²) in [6, 6.07) is 8.51. The van der Waals surface area contributed by atoms with E-state index < -0.39 is 0 Å². The van der Waals surface area contributed by atoms with E-state index in [4.69, 9.17) is 14.1 Å². The highest BCUT2D eigenvalue weighted by atomic mass is 127. The van der Waals surface area contributed by atoms with Gasteiger partial charge in [-0.1, -0.05) is 18.2 Å². The maximum absolute atomic E-state index is 5.96. The third-order valence-corrected chi connectivity index (χ3v) is 5.10. The first-order chi connectivity index (χ1) is 11.7. The van der Waals surface area contributed by atoms with Gasteiger partial charge in [0.05, 0.1) is 18.2 Å². The van der Waals surface area contributed by atoms with Crippen molar-refractivity contribution in [1.29, 1.82) is 0 Å². The van der Waals surface area contributed by atoms with Crippen LogP contribution in [-0.2, 0) is 11.3 Å². The third kappa shape index (κ3) is 3.79. The molecule has 0 amide bonds. The lowest BCUT2D eigenvalue weighted by atomic mass is 9.96. The highest BCUT2D eigenvalue weighted by Gasteiger charge is 2.41. The number of nitrogens with zero attached hydrogens (tertiary/aromatic N) is 1. The van der Waals surface area contributed by atoms with Crippen molar-refractivity contribution in [2.45, 2.75) is 57.9 Å². The summed E-state index contributed by atoms with van der Waals surface area (Å²) >= 11 is 0. The van der Waals surface area contributed by atoms with Crippen molar-refractivity contribution in [1.82, 2.24) is 10.6 Å². The average molecular weight is 455 g/mol. The van der Waals surface area contributed by atoms with E-state index in [1.807, 2.05) is 18.2 Å². The smallest absolute Gasteiger partial charge is 0.192 e. The molecule has 2 N–H and O–H groups in total. The number of para-hydroxylation sites is 1. The second-order valence-electron chi connectivity index (χ2n) is 6.70. The van der Waals surface area contributed by atoms with E-state index in [-0.39, 0.29) is 24.0 Å². The predicted molar refractivity (Wildman–Crippen MR) is 111 cm³/mol. The maximum atomic E-state index is 5.96. The normalized spacial score (nSPS) is 25.2.